The molecule has 7 heteroatoms. The molecule has 0 heterocycles. The number of nitrogens with one attached hydrogen (secondary N) is 1. The molecule has 1 atom stereocenters. The number of halogens is 1. The largest absolute Gasteiger partial charge is 0.496 e. The number of benzene rings is 2. The predicted octanol–water partition coefficient (Wildman–Crippen LogP) is 3.52. The molecule has 0 radical (unpaired) electrons. The Balaban J connectivity index is 0.00000261. The highest BCUT2D eigenvalue weighted by Gasteiger charge is 2.25. The fourth-order valence-corrected chi connectivity index (χ4v) is 3.43. The van der Waals surface area contributed by atoms with Gasteiger partial charge in [-0.25, -0.2) is 0 Å². The average molecular weight is 393 g/mol. The Morgan fingerprint density at radius 2 is 1.70 bits per heavy atom. The van der Waals surface area contributed by atoms with Crippen LogP contribution in [-0.2, 0) is 6.42 Å². The molecule has 0 saturated carbocycles. The normalized spacial score (nSPS) is 15.1. The predicted molar refractivity (Wildman–Crippen MR) is 107 cm³/mol. The highest BCUT2D eigenvalue weighted by molar-refractivity contribution is 5.98. The molecule has 1 aliphatic carbocycles. The highest BCUT2D eigenvalue weighted by Crippen LogP contribution is 2.36. The van der Waals surface area contributed by atoms with E-state index in [1.165, 1.54) is 19.8 Å². The molecular formula is C20H25ClN2O4. The van der Waals surface area contributed by atoms with E-state index in [1.807, 2.05) is 18.2 Å². The number of hydrogen-bond donors (Lipinski definition) is 2. The van der Waals surface area contributed by atoms with Crippen molar-refractivity contribution in [3.05, 3.63) is 47.0 Å². The second-order valence-corrected chi connectivity index (χ2v) is 6.28. The van der Waals surface area contributed by atoms with Gasteiger partial charge < -0.3 is 25.3 Å². The number of amides is 1. The van der Waals surface area contributed by atoms with Crippen molar-refractivity contribution in [1.82, 2.24) is 5.32 Å². The number of fused-ring (bicyclic) bond motifs is 1. The van der Waals surface area contributed by atoms with Crippen LogP contribution in [0.2, 0.25) is 0 Å². The lowest BCUT2D eigenvalue weighted by Gasteiger charge is -2.27. The molecule has 0 aromatic heterocycles. The van der Waals surface area contributed by atoms with Gasteiger partial charge in [0.1, 0.15) is 5.75 Å². The molecule has 0 fully saturated rings. The van der Waals surface area contributed by atoms with E-state index < -0.39 is 0 Å². The maximum Gasteiger partial charge on any atom is 0.255 e. The van der Waals surface area contributed by atoms with Gasteiger partial charge in [-0.2, -0.15) is 0 Å². The van der Waals surface area contributed by atoms with Gasteiger partial charge in [-0.05, 0) is 42.5 Å². The lowest BCUT2D eigenvalue weighted by atomic mass is 9.87. The smallest absolute Gasteiger partial charge is 0.255 e. The second-order valence-electron chi connectivity index (χ2n) is 6.28. The van der Waals surface area contributed by atoms with E-state index in [2.05, 4.69) is 5.32 Å². The molecule has 0 spiro atoms. The molecule has 1 unspecified atom stereocenters. The van der Waals surface area contributed by atoms with Gasteiger partial charge in [-0.1, -0.05) is 6.07 Å². The van der Waals surface area contributed by atoms with Gasteiger partial charge in [0.05, 0.1) is 32.9 Å². The van der Waals surface area contributed by atoms with E-state index in [4.69, 9.17) is 19.9 Å². The molecule has 2 aromatic rings. The highest BCUT2D eigenvalue weighted by atomic mass is 35.5. The third-order valence-electron chi connectivity index (χ3n) is 4.74. The van der Waals surface area contributed by atoms with Crippen LogP contribution in [0.25, 0.3) is 0 Å². The number of anilines is 1. The first-order valence-corrected chi connectivity index (χ1v) is 8.56. The first kappa shape index (κ1) is 20.7. The summed E-state index contributed by atoms with van der Waals surface area (Å²) < 4.78 is 16.0. The number of nitrogens with two attached hydrogens (primary N) is 1. The van der Waals surface area contributed by atoms with Crippen LogP contribution in [0.5, 0.6) is 17.2 Å². The molecule has 0 bridgehead atoms. The number of carbonyl (C=O) groups is 1. The van der Waals surface area contributed by atoms with E-state index in [0.29, 0.717) is 22.8 Å². The van der Waals surface area contributed by atoms with Crippen molar-refractivity contribution < 1.29 is 19.0 Å². The van der Waals surface area contributed by atoms with Crippen LogP contribution < -0.4 is 25.3 Å². The van der Waals surface area contributed by atoms with Crippen molar-refractivity contribution >= 4 is 24.0 Å². The standard InChI is InChI=1S/C20H24N2O4.ClH/c1-24-17-11-19(26-3)18(25-2)10-15(17)20(23)22-16-6-4-5-12-9-13(21)7-8-14(12)16;/h7-11,16H,4-6,21H2,1-3H3,(H,22,23);1H. The number of rotatable bonds is 5. The number of nitrogen functional groups attached to an aromatic ring is 1. The lowest BCUT2D eigenvalue weighted by molar-refractivity contribution is 0.0929. The van der Waals surface area contributed by atoms with Crippen molar-refractivity contribution in [2.45, 2.75) is 25.3 Å². The Bertz CT molecular complexity index is 826. The Morgan fingerprint density at radius 1 is 1.04 bits per heavy atom. The lowest BCUT2D eigenvalue weighted by Crippen LogP contribution is -2.31. The molecule has 0 saturated heterocycles. The molecule has 146 valence electrons. The summed E-state index contributed by atoms with van der Waals surface area (Å²) in [5.74, 6) is 1.22. The van der Waals surface area contributed by atoms with Gasteiger partial charge in [0.2, 0.25) is 0 Å². The van der Waals surface area contributed by atoms with E-state index in [-0.39, 0.29) is 24.4 Å². The topological polar surface area (TPSA) is 82.8 Å². The summed E-state index contributed by atoms with van der Waals surface area (Å²) in [6, 6.07) is 9.11. The summed E-state index contributed by atoms with van der Waals surface area (Å²) in [7, 11) is 4.60. The number of methoxy groups -OCH3 is 3. The summed E-state index contributed by atoms with van der Waals surface area (Å²) in [6.45, 7) is 0. The monoisotopic (exact) mass is 392 g/mol. The third kappa shape index (κ3) is 4.22. The zero-order valence-corrected chi connectivity index (χ0v) is 16.5. The van der Waals surface area contributed by atoms with Gasteiger partial charge in [0.15, 0.2) is 11.5 Å². The van der Waals surface area contributed by atoms with Crippen LogP contribution in [-0.4, -0.2) is 27.2 Å². The minimum atomic E-state index is -0.211. The minimum absolute atomic E-state index is 0. The number of ether oxygens (including phenoxy) is 3. The Hall–Kier alpha value is -2.60. The van der Waals surface area contributed by atoms with E-state index in [9.17, 15) is 4.79 Å². The van der Waals surface area contributed by atoms with Gasteiger partial charge in [-0.3, -0.25) is 4.79 Å². The first-order chi connectivity index (χ1) is 12.6. The van der Waals surface area contributed by atoms with Crippen LogP contribution in [0.1, 0.15) is 40.4 Å². The molecule has 2 aromatic carbocycles. The molecule has 3 N–H and O–H groups in total. The molecule has 3 rings (SSSR count). The number of carbonyl (C=O) groups excluding carboxylic acids is 1. The summed E-state index contributed by atoms with van der Waals surface area (Å²) >= 11 is 0. The zero-order chi connectivity index (χ0) is 18.7. The Kier molecular flexibility index (Phi) is 6.80. The van der Waals surface area contributed by atoms with Gasteiger partial charge in [0, 0.05) is 17.8 Å². The van der Waals surface area contributed by atoms with Gasteiger partial charge >= 0.3 is 0 Å². The van der Waals surface area contributed by atoms with Crippen molar-refractivity contribution in [3.8, 4) is 17.2 Å². The van der Waals surface area contributed by atoms with Crippen LogP contribution in [0.15, 0.2) is 30.3 Å². The van der Waals surface area contributed by atoms with Crippen molar-refractivity contribution in [2.24, 2.45) is 0 Å². The Labute approximate surface area is 165 Å². The first-order valence-electron chi connectivity index (χ1n) is 8.56. The summed E-state index contributed by atoms with van der Waals surface area (Å²) in [6.07, 6.45) is 2.87. The quantitative estimate of drug-likeness (QED) is 0.760. The van der Waals surface area contributed by atoms with Crippen LogP contribution >= 0.6 is 12.4 Å². The number of hydrogen-bond acceptors (Lipinski definition) is 5. The van der Waals surface area contributed by atoms with Crippen molar-refractivity contribution in [2.75, 3.05) is 27.1 Å². The maximum atomic E-state index is 12.9. The van der Waals surface area contributed by atoms with Crippen molar-refractivity contribution in [1.29, 1.82) is 0 Å². The summed E-state index contributed by atoms with van der Waals surface area (Å²) in [5, 5.41) is 3.12. The van der Waals surface area contributed by atoms with Gasteiger partial charge in [-0.15, -0.1) is 12.4 Å². The summed E-state index contributed by atoms with van der Waals surface area (Å²) in [5.41, 5.74) is 9.36. The molecule has 1 aliphatic rings. The Morgan fingerprint density at radius 3 is 2.37 bits per heavy atom. The van der Waals surface area contributed by atoms with Crippen LogP contribution in [0.3, 0.4) is 0 Å². The summed E-state index contributed by atoms with van der Waals surface area (Å²) in [4.78, 5) is 12.9. The van der Waals surface area contributed by atoms with Crippen molar-refractivity contribution in [3.63, 3.8) is 0 Å². The van der Waals surface area contributed by atoms with E-state index >= 15 is 0 Å². The molecule has 27 heavy (non-hydrogen) atoms. The van der Waals surface area contributed by atoms with Crippen LogP contribution in [0, 0.1) is 0 Å². The zero-order valence-electron chi connectivity index (χ0n) is 15.7. The molecule has 0 aliphatic heterocycles. The minimum Gasteiger partial charge on any atom is -0.496 e. The van der Waals surface area contributed by atoms with E-state index in [0.717, 1.165) is 30.5 Å². The molecule has 6 nitrogen and oxygen atoms in total. The SMILES string of the molecule is COc1cc(OC)c(C(=O)NC2CCCc3cc(N)ccc32)cc1OC.Cl. The second kappa shape index (κ2) is 8.86. The maximum absolute atomic E-state index is 12.9. The van der Waals surface area contributed by atoms with Gasteiger partial charge in [0.25, 0.3) is 5.91 Å². The number of aryl methyl sites for hydroxylation is 1. The average Bonchev–Trinajstić information content (AvgIpc) is 2.66. The van der Waals surface area contributed by atoms with E-state index in [1.54, 1.807) is 19.2 Å². The fourth-order valence-electron chi connectivity index (χ4n) is 3.43. The van der Waals surface area contributed by atoms with Crippen LogP contribution in [0.4, 0.5) is 5.69 Å². The third-order valence-corrected chi connectivity index (χ3v) is 4.74. The molecular weight excluding hydrogens is 368 g/mol. The molecule has 1 amide bonds. The fraction of sp³-hybridized carbons (Fsp3) is 0.350.